The van der Waals surface area contributed by atoms with E-state index in [2.05, 4.69) is 15.3 Å². The summed E-state index contributed by atoms with van der Waals surface area (Å²) in [5, 5.41) is 3.13. The quantitative estimate of drug-likeness (QED) is 0.276. The molecule has 0 saturated carbocycles. The number of nitrogens with zero attached hydrogens (tertiary/aromatic N) is 4. The van der Waals surface area contributed by atoms with Crippen molar-refractivity contribution in [1.82, 2.24) is 14.9 Å². The van der Waals surface area contributed by atoms with Crippen molar-refractivity contribution in [3.63, 3.8) is 0 Å². The van der Waals surface area contributed by atoms with Gasteiger partial charge in [-0.1, -0.05) is 35.5 Å². The summed E-state index contributed by atoms with van der Waals surface area (Å²) in [6.07, 6.45) is 0. The molecule has 2 amide bonds. The minimum atomic E-state index is -0.504. The number of ether oxygens (including phenoxy) is 1. The molecule has 1 aliphatic rings. The topological polar surface area (TPSA) is 87.7 Å². The van der Waals surface area contributed by atoms with Crippen molar-refractivity contribution in [2.24, 2.45) is 0 Å². The van der Waals surface area contributed by atoms with Gasteiger partial charge in [-0.05, 0) is 43.3 Å². The van der Waals surface area contributed by atoms with Crippen LogP contribution in [-0.2, 0) is 4.79 Å². The number of hydrogen-bond acceptors (Lipinski definition) is 7. The van der Waals surface area contributed by atoms with Gasteiger partial charge in [-0.3, -0.25) is 9.59 Å². The Labute approximate surface area is 217 Å². The first-order valence-corrected chi connectivity index (χ1v) is 12.6. The van der Waals surface area contributed by atoms with E-state index in [0.717, 1.165) is 11.8 Å². The van der Waals surface area contributed by atoms with E-state index < -0.39 is 5.82 Å². The van der Waals surface area contributed by atoms with E-state index in [4.69, 9.17) is 16.3 Å². The molecule has 3 aromatic rings. The maximum atomic E-state index is 13.8. The van der Waals surface area contributed by atoms with Crippen molar-refractivity contribution in [2.75, 3.05) is 42.7 Å². The minimum absolute atomic E-state index is 0.00530. The van der Waals surface area contributed by atoms with Crippen molar-refractivity contribution in [3.8, 4) is 5.75 Å². The lowest BCUT2D eigenvalue weighted by Crippen LogP contribution is -2.54. The molecular formula is C25H25ClFN5O3S. The number of amides is 2. The maximum absolute atomic E-state index is 13.8. The van der Waals surface area contributed by atoms with Crippen molar-refractivity contribution < 1.29 is 18.7 Å². The Morgan fingerprint density at radius 3 is 2.61 bits per heavy atom. The Morgan fingerprint density at radius 1 is 1.17 bits per heavy atom. The summed E-state index contributed by atoms with van der Waals surface area (Å²) in [6.45, 7) is 3.63. The van der Waals surface area contributed by atoms with E-state index in [1.165, 1.54) is 12.1 Å². The Morgan fingerprint density at radius 2 is 1.92 bits per heavy atom. The van der Waals surface area contributed by atoms with Crippen LogP contribution in [0.1, 0.15) is 17.3 Å². The van der Waals surface area contributed by atoms with E-state index in [1.54, 1.807) is 49.6 Å². The lowest BCUT2D eigenvalue weighted by Gasteiger charge is -2.40. The number of aromatic nitrogens is 2. The molecule has 0 radical (unpaired) electrons. The molecular weight excluding hydrogens is 505 g/mol. The average Bonchev–Trinajstić information content (AvgIpc) is 2.88. The molecule has 36 heavy (non-hydrogen) atoms. The summed E-state index contributed by atoms with van der Waals surface area (Å²) in [7, 11) is 1.59. The lowest BCUT2D eigenvalue weighted by molar-refractivity contribution is -0.113. The van der Waals surface area contributed by atoms with Crippen LogP contribution in [0, 0.1) is 5.82 Å². The maximum Gasteiger partial charge on any atom is 0.254 e. The number of benzene rings is 2. The monoisotopic (exact) mass is 529 g/mol. The van der Waals surface area contributed by atoms with E-state index in [-0.39, 0.29) is 34.4 Å². The molecule has 188 valence electrons. The fourth-order valence-corrected chi connectivity index (χ4v) is 4.74. The summed E-state index contributed by atoms with van der Waals surface area (Å²) in [5.74, 6) is 0.390. The highest BCUT2D eigenvalue weighted by Crippen LogP contribution is 2.25. The van der Waals surface area contributed by atoms with E-state index in [9.17, 15) is 14.0 Å². The fourth-order valence-electron chi connectivity index (χ4n) is 3.86. The van der Waals surface area contributed by atoms with Crippen molar-refractivity contribution in [1.29, 1.82) is 0 Å². The number of para-hydroxylation sites is 1. The first-order valence-electron chi connectivity index (χ1n) is 11.3. The van der Waals surface area contributed by atoms with Gasteiger partial charge in [0.2, 0.25) is 5.91 Å². The zero-order valence-electron chi connectivity index (χ0n) is 19.8. The molecule has 11 heteroatoms. The van der Waals surface area contributed by atoms with Gasteiger partial charge in [0.1, 0.15) is 22.5 Å². The molecule has 0 aliphatic carbocycles. The largest absolute Gasteiger partial charge is 0.497 e. The molecule has 4 rings (SSSR count). The van der Waals surface area contributed by atoms with Gasteiger partial charge in [0.15, 0.2) is 5.16 Å². The van der Waals surface area contributed by atoms with Crippen LogP contribution in [0.25, 0.3) is 0 Å². The highest BCUT2D eigenvalue weighted by Gasteiger charge is 2.29. The predicted octanol–water partition coefficient (Wildman–Crippen LogP) is 4.36. The van der Waals surface area contributed by atoms with Crippen LogP contribution < -0.4 is 15.0 Å². The third-order valence-electron chi connectivity index (χ3n) is 5.69. The Kier molecular flexibility index (Phi) is 8.27. The molecule has 0 spiro atoms. The molecule has 2 aromatic carbocycles. The van der Waals surface area contributed by atoms with Gasteiger partial charge in [-0.25, -0.2) is 14.4 Å². The second kappa shape index (κ2) is 11.6. The van der Waals surface area contributed by atoms with Crippen LogP contribution >= 0.6 is 23.4 Å². The minimum Gasteiger partial charge on any atom is -0.497 e. The summed E-state index contributed by atoms with van der Waals surface area (Å²) < 4.78 is 18.9. The number of nitrogens with one attached hydrogen (secondary N) is 1. The zero-order valence-corrected chi connectivity index (χ0v) is 21.4. The molecule has 1 unspecified atom stereocenters. The molecule has 1 saturated heterocycles. The number of methoxy groups -OCH3 is 1. The third-order valence-corrected chi connectivity index (χ3v) is 6.73. The van der Waals surface area contributed by atoms with Crippen LogP contribution in [0.3, 0.4) is 0 Å². The molecule has 1 N–H and O–H groups in total. The molecule has 1 aliphatic heterocycles. The third kappa shape index (κ3) is 6.24. The number of carbonyl (C=O) groups is 2. The van der Waals surface area contributed by atoms with Crippen LogP contribution in [0.2, 0.25) is 5.15 Å². The highest BCUT2D eigenvalue weighted by molar-refractivity contribution is 7.99. The van der Waals surface area contributed by atoms with Gasteiger partial charge in [0.05, 0.1) is 18.6 Å². The first kappa shape index (κ1) is 25.7. The number of halogens is 2. The second-order valence-corrected chi connectivity index (χ2v) is 9.50. The van der Waals surface area contributed by atoms with Gasteiger partial charge >= 0.3 is 0 Å². The molecule has 8 nitrogen and oxygen atoms in total. The fraction of sp³-hybridized carbons (Fsp3) is 0.280. The highest BCUT2D eigenvalue weighted by atomic mass is 35.5. The zero-order chi connectivity index (χ0) is 25.7. The van der Waals surface area contributed by atoms with Crippen LogP contribution in [-0.4, -0.2) is 65.2 Å². The van der Waals surface area contributed by atoms with Crippen LogP contribution in [0.15, 0.2) is 59.8 Å². The van der Waals surface area contributed by atoms with Gasteiger partial charge in [-0.2, -0.15) is 0 Å². The van der Waals surface area contributed by atoms with Gasteiger partial charge in [0.25, 0.3) is 5.91 Å². The lowest BCUT2D eigenvalue weighted by atomic mass is 10.1. The molecule has 1 aromatic heterocycles. The summed E-state index contributed by atoms with van der Waals surface area (Å²) in [4.78, 5) is 37.9. The molecule has 0 bridgehead atoms. The van der Waals surface area contributed by atoms with Gasteiger partial charge < -0.3 is 19.9 Å². The second-order valence-electron chi connectivity index (χ2n) is 8.17. The van der Waals surface area contributed by atoms with Crippen molar-refractivity contribution >= 4 is 46.7 Å². The number of thioether (sulfide) groups is 1. The summed E-state index contributed by atoms with van der Waals surface area (Å²) in [5.41, 5.74) is 0.723. The van der Waals surface area contributed by atoms with E-state index >= 15 is 0 Å². The van der Waals surface area contributed by atoms with Crippen molar-refractivity contribution in [3.05, 3.63) is 71.1 Å². The van der Waals surface area contributed by atoms with Gasteiger partial charge in [-0.15, -0.1) is 0 Å². The number of carbonyl (C=O) groups excluding carboxylic acids is 2. The average molecular weight is 530 g/mol. The van der Waals surface area contributed by atoms with Crippen LogP contribution in [0.4, 0.5) is 15.9 Å². The number of rotatable bonds is 7. The van der Waals surface area contributed by atoms with E-state index in [0.29, 0.717) is 41.9 Å². The number of anilines is 2. The standard InChI is InChI=1S/C25H25ClFN5O3S/c1-16-14-31(11-12-32(16)24(34)17-7-9-18(35-2)10-8-17)22-13-21(26)29-25(30-22)36-15-23(33)28-20-6-4-3-5-19(20)27/h3-10,13,16H,11-12,14-15H2,1-2H3,(H,28,33). The SMILES string of the molecule is COc1ccc(C(=O)N2CCN(c3cc(Cl)nc(SCC(=O)Nc4ccccc4F)n3)CC2C)cc1. The van der Waals surface area contributed by atoms with Crippen LogP contribution in [0.5, 0.6) is 5.75 Å². The Balaban J connectivity index is 1.37. The first-order chi connectivity index (χ1) is 17.3. The number of hydrogen-bond donors (Lipinski definition) is 1. The molecule has 1 atom stereocenters. The summed E-state index contributed by atoms with van der Waals surface area (Å²) >= 11 is 7.35. The molecule has 2 heterocycles. The normalized spacial score (nSPS) is 15.5. The number of piperazine rings is 1. The van der Waals surface area contributed by atoms with Gasteiger partial charge in [0, 0.05) is 37.3 Å². The predicted molar refractivity (Wildman–Crippen MR) is 139 cm³/mol. The van der Waals surface area contributed by atoms with Crippen molar-refractivity contribution in [2.45, 2.75) is 18.1 Å². The smallest absolute Gasteiger partial charge is 0.254 e. The molecule has 1 fully saturated rings. The Bertz CT molecular complexity index is 1250. The van der Waals surface area contributed by atoms with E-state index in [1.807, 2.05) is 16.7 Å². The Hall–Kier alpha value is -3.37. The summed E-state index contributed by atoms with van der Waals surface area (Å²) in [6, 6.07) is 14.6.